The molecule has 0 saturated carbocycles. The highest BCUT2D eigenvalue weighted by Gasteiger charge is 2.05. The summed E-state index contributed by atoms with van der Waals surface area (Å²) in [7, 11) is 1.67. The number of furan rings is 1. The molecule has 0 unspecified atom stereocenters. The summed E-state index contributed by atoms with van der Waals surface area (Å²) in [4.78, 5) is 1.25. The van der Waals surface area contributed by atoms with Gasteiger partial charge in [0.05, 0.1) is 12.9 Å². The smallest absolute Gasteiger partial charge is 0.134 e. The molecule has 2 aromatic carbocycles. The molecule has 3 heteroatoms. The molecule has 19 heavy (non-hydrogen) atoms. The number of ether oxygens (including phenoxy) is 1. The first kappa shape index (κ1) is 12.2. The van der Waals surface area contributed by atoms with E-state index in [1.54, 1.807) is 18.9 Å². The average Bonchev–Trinajstić information content (AvgIpc) is 2.88. The van der Waals surface area contributed by atoms with Crippen LogP contribution in [0.15, 0.2) is 63.9 Å². The number of benzene rings is 2. The molecular formula is C16H14O2S. The Hall–Kier alpha value is -1.87. The number of rotatable bonds is 4. The van der Waals surface area contributed by atoms with Crippen molar-refractivity contribution in [3.8, 4) is 5.75 Å². The highest BCUT2D eigenvalue weighted by molar-refractivity contribution is 7.98. The number of fused-ring (bicyclic) bond motifs is 1. The summed E-state index contributed by atoms with van der Waals surface area (Å²) < 4.78 is 11.0. The van der Waals surface area contributed by atoms with Crippen molar-refractivity contribution >= 4 is 22.7 Å². The lowest BCUT2D eigenvalue weighted by atomic mass is 10.2. The fourth-order valence-electron chi connectivity index (χ4n) is 1.95. The molecule has 0 saturated heterocycles. The normalized spacial score (nSPS) is 10.8. The molecule has 0 spiro atoms. The average molecular weight is 270 g/mol. The van der Waals surface area contributed by atoms with Gasteiger partial charge in [-0.2, -0.15) is 0 Å². The van der Waals surface area contributed by atoms with Gasteiger partial charge in [0.1, 0.15) is 17.1 Å². The lowest BCUT2D eigenvalue weighted by Crippen LogP contribution is -1.79. The van der Waals surface area contributed by atoms with E-state index in [-0.39, 0.29) is 0 Å². The molecule has 0 aliphatic carbocycles. The van der Waals surface area contributed by atoms with E-state index in [1.165, 1.54) is 4.90 Å². The Kier molecular flexibility index (Phi) is 3.47. The molecular weight excluding hydrogens is 256 g/mol. The second kappa shape index (κ2) is 5.41. The van der Waals surface area contributed by atoms with Gasteiger partial charge in [-0.15, -0.1) is 11.8 Å². The summed E-state index contributed by atoms with van der Waals surface area (Å²) in [6.07, 6.45) is 0. The topological polar surface area (TPSA) is 22.4 Å². The Labute approximate surface area is 116 Å². The van der Waals surface area contributed by atoms with E-state index in [0.717, 1.165) is 28.2 Å². The van der Waals surface area contributed by atoms with Crippen LogP contribution in [0.2, 0.25) is 0 Å². The first-order valence-corrected chi connectivity index (χ1v) is 7.08. The number of methoxy groups -OCH3 is 1. The van der Waals surface area contributed by atoms with Crippen LogP contribution in [-0.2, 0) is 5.75 Å². The van der Waals surface area contributed by atoms with Crippen molar-refractivity contribution in [1.82, 2.24) is 0 Å². The van der Waals surface area contributed by atoms with E-state index in [0.29, 0.717) is 0 Å². The van der Waals surface area contributed by atoms with E-state index in [1.807, 2.05) is 36.4 Å². The van der Waals surface area contributed by atoms with Crippen LogP contribution in [0.4, 0.5) is 0 Å². The fraction of sp³-hybridized carbons (Fsp3) is 0.125. The van der Waals surface area contributed by atoms with Gasteiger partial charge >= 0.3 is 0 Å². The zero-order valence-corrected chi connectivity index (χ0v) is 11.4. The van der Waals surface area contributed by atoms with Crippen LogP contribution >= 0.6 is 11.8 Å². The summed E-state index contributed by atoms with van der Waals surface area (Å²) in [5.41, 5.74) is 0.907. The summed E-state index contributed by atoms with van der Waals surface area (Å²) >= 11 is 1.77. The predicted molar refractivity (Wildman–Crippen MR) is 78.8 cm³/mol. The molecule has 0 N–H and O–H groups in total. The number of thioether (sulfide) groups is 1. The minimum Gasteiger partial charge on any atom is -0.497 e. The molecule has 1 heterocycles. The fourth-order valence-corrected chi connectivity index (χ4v) is 2.75. The maximum absolute atomic E-state index is 5.81. The van der Waals surface area contributed by atoms with E-state index < -0.39 is 0 Å². The molecule has 0 aliphatic heterocycles. The first-order chi connectivity index (χ1) is 9.35. The van der Waals surface area contributed by atoms with Crippen LogP contribution in [0, 0.1) is 0 Å². The maximum atomic E-state index is 5.81. The third-order valence-corrected chi connectivity index (χ3v) is 3.93. The van der Waals surface area contributed by atoms with E-state index in [2.05, 4.69) is 18.2 Å². The highest BCUT2D eigenvalue weighted by Crippen LogP contribution is 2.28. The van der Waals surface area contributed by atoms with E-state index in [9.17, 15) is 0 Å². The number of hydrogen-bond donors (Lipinski definition) is 0. The van der Waals surface area contributed by atoms with Gasteiger partial charge in [-0.1, -0.05) is 18.2 Å². The maximum Gasteiger partial charge on any atom is 0.134 e. The molecule has 96 valence electrons. The van der Waals surface area contributed by atoms with Crippen molar-refractivity contribution < 1.29 is 9.15 Å². The van der Waals surface area contributed by atoms with Crippen LogP contribution in [0.1, 0.15) is 5.76 Å². The van der Waals surface area contributed by atoms with Gasteiger partial charge in [0.15, 0.2) is 0 Å². The van der Waals surface area contributed by atoms with Crippen molar-refractivity contribution in [3.63, 3.8) is 0 Å². The van der Waals surface area contributed by atoms with Gasteiger partial charge < -0.3 is 9.15 Å². The molecule has 0 amide bonds. The summed E-state index contributed by atoms with van der Waals surface area (Å²) in [6.45, 7) is 0. The van der Waals surface area contributed by atoms with Crippen molar-refractivity contribution in [2.45, 2.75) is 10.6 Å². The van der Waals surface area contributed by atoms with Crippen molar-refractivity contribution in [1.29, 1.82) is 0 Å². The first-order valence-electron chi connectivity index (χ1n) is 6.09. The molecule has 0 aliphatic rings. The molecule has 0 bridgehead atoms. The largest absolute Gasteiger partial charge is 0.497 e. The van der Waals surface area contributed by atoms with Gasteiger partial charge in [0, 0.05) is 10.3 Å². The standard InChI is InChI=1S/C16H14O2S/c1-17-13-7-8-16-12(9-13)10-14(18-16)11-19-15-5-3-2-4-6-15/h2-10H,11H2,1H3. The zero-order chi connectivity index (χ0) is 13.1. The van der Waals surface area contributed by atoms with Gasteiger partial charge in [0.2, 0.25) is 0 Å². The Morgan fingerprint density at radius 2 is 1.89 bits per heavy atom. The zero-order valence-electron chi connectivity index (χ0n) is 10.6. The third kappa shape index (κ3) is 2.76. The predicted octanol–water partition coefficient (Wildman–Crippen LogP) is 4.73. The van der Waals surface area contributed by atoms with Crippen molar-refractivity contribution in [2.75, 3.05) is 7.11 Å². The van der Waals surface area contributed by atoms with Crippen LogP contribution in [-0.4, -0.2) is 7.11 Å². The lowest BCUT2D eigenvalue weighted by Gasteiger charge is -1.97. The highest BCUT2D eigenvalue weighted by atomic mass is 32.2. The summed E-state index contributed by atoms with van der Waals surface area (Å²) in [6, 6.07) is 18.3. The Balaban J connectivity index is 1.78. The molecule has 1 aromatic heterocycles. The second-order valence-corrected chi connectivity index (χ2v) is 5.27. The summed E-state index contributed by atoms with van der Waals surface area (Å²) in [5, 5.41) is 1.09. The molecule has 0 radical (unpaired) electrons. The lowest BCUT2D eigenvalue weighted by molar-refractivity contribution is 0.415. The Morgan fingerprint density at radius 3 is 2.68 bits per heavy atom. The van der Waals surface area contributed by atoms with Crippen LogP contribution in [0.3, 0.4) is 0 Å². The Bertz CT molecular complexity index is 674. The second-order valence-electron chi connectivity index (χ2n) is 4.22. The van der Waals surface area contributed by atoms with Crippen LogP contribution in [0.5, 0.6) is 5.75 Å². The van der Waals surface area contributed by atoms with Crippen molar-refractivity contribution in [2.24, 2.45) is 0 Å². The van der Waals surface area contributed by atoms with E-state index in [4.69, 9.17) is 9.15 Å². The monoisotopic (exact) mass is 270 g/mol. The SMILES string of the molecule is COc1ccc2oc(CSc3ccccc3)cc2c1. The van der Waals surface area contributed by atoms with Crippen LogP contribution in [0.25, 0.3) is 11.0 Å². The molecule has 3 aromatic rings. The molecule has 0 fully saturated rings. The van der Waals surface area contributed by atoms with Gasteiger partial charge in [-0.3, -0.25) is 0 Å². The minimum atomic E-state index is 0.834. The minimum absolute atomic E-state index is 0.834. The van der Waals surface area contributed by atoms with Crippen molar-refractivity contribution in [3.05, 3.63) is 60.4 Å². The van der Waals surface area contributed by atoms with Gasteiger partial charge in [0.25, 0.3) is 0 Å². The molecule has 0 atom stereocenters. The quantitative estimate of drug-likeness (QED) is 0.640. The van der Waals surface area contributed by atoms with Gasteiger partial charge in [-0.25, -0.2) is 0 Å². The van der Waals surface area contributed by atoms with E-state index >= 15 is 0 Å². The number of hydrogen-bond acceptors (Lipinski definition) is 3. The Morgan fingerprint density at radius 1 is 1.05 bits per heavy atom. The summed E-state index contributed by atoms with van der Waals surface area (Å²) in [5.74, 6) is 2.67. The molecule has 2 nitrogen and oxygen atoms in total. The molecule has 3 rings (SSSR count). The van der Waals surface area contributed by atoms with Gasteiger partial charge in [-0.05, 0) is 36.4 Å². The third-order valence-electron chi connectivity index (χ3n) is 2.90. The van der Waals surface area contributed by atoms with Crippen LogP contribution < -0.4 is 4.74 Å².